The first-order valence-electron chi connectivity index (χ1n) is 5.87. The molecule has 0 saturated heterocycles. The van der Waals surface area contributed by atoms with Gasteiger partial charge in [-0.3, -0.25) is 0 Å². The second-order valence-corrected chi connectivity index (χ2v) is 4.32. The first-order chi connectivity index (χ1) is 9.58. The Morgan fingerprint density at radius 2 is 1.95 bits per heavy atom. The van der Waals surface area contributed by atoms with Crippen LogP contribution in [0.4, 0.5) is 14.5 Å². The molecule has 3 aromatic rings. The number of imidazole rings is 1. The maximum atomic E-state index is 13.8. The summed E-state index contributed by atoms with van der Waals surface area (Å²) < 4.78 is 32.1. The fraction of sp³-hybridized carbons (Fsp3) is 0.0714. The summed E-state index contributed by atoms with van der Waals surface area (Å²) in [5.41, 5.74) is 6.81. The predicted molar refractivity (Wildman–Crippen MR) is 72.4 cm³/mol. The lowest BCUT2D eigenvalue weighted by molar-refractivity contribution is 0.415. The fourth-order valence-corrected chi connectivity index (χ4v) is 1.99. The maximum absolute atomic E-state index is 13.8. The topological polar surface area (TPSA) is 63.9 Å². The summed E-state index contributed by atoms with van der Waals surface area (Å²) in [6.45, 7) is 0. The standard InChI is InChI=1S/C14H11F2N3O/c1-20-7-2-3-12-13(4-7)19-14(18-12)8-5-11(17)10(16)6-9(8)15/h2-6H,17H2,1H3,(H,18,19). The number of nitrogens with zero attached hydrogens (tertiary/aromatic N) is 1. The Morgan fingerprint density at radius 1 is 1.15 bits per heavy atom. The molecule has 0 amide bonds. The number of methoxy groups -OCH3 is 1. The van der Waals surface area contributed by atoms with E-state index in [4.69, 9.17) is 10.5 Å². The lowest BCUT2D eigenvalue weighted by Crippen LogP contribution is -1.95. The zero-order valence-electron chi connectivity index (χ0n) is 10.6. The molecule has 1 aromatic heterocycles. The van der Waals surface area contributed by atoms with Crippen LogP contribution in [0.15, 0.2) is 30.3 Å². The molecule has 3 rings (SSSR count). The van der Waals surface area contributed by atoms with Gasteiger partial charge in [-0.15, -0.1) is 0 Å². The lowest BCUT2D eigenvalue weighted by atomic mass is 10.1. The van der Waals surface area contributed by atoms with E-state index in [9.17, 15) is 8.78 Å². The lowest BCUT2D eigenvalue weighted by Gasteiger charge is -2.02. The van der Waals surface area contributed by atoms with Crippen LogP contribution in [0.1, 0.15) is 0 Å². The van der Waals surface area contributed by atoms with Gasteiger partial charge in [0.15, 0.2) is 0 Å². The van der Waals surface area contributed by atoms with Crippen LogP contribution in [0.5, 0.6) is 5.75 Å². The quantitative estimate of drug-likeness (QED) is 0.706. The van der Waals surface area contributed by atoms with Crippen LogP contribution >= 0.6 is 0 Å². The van der Waals surface area contributed by atoms with E-state index in [-0.39, 0.29) is 17.1 Å². The van der Waals surface area contributed by atoms with E-state index in [1.165, 1.54) is 6.07 Å². The van der Waals surface area contributed by atoms with Crippen molar-refractivity contribution in [3.05, 3.63) is 42.0 Å². The summed E-state index contributed by atoms with van der Waals surface area (Å²) in [5, 5.41) is 0. The van der Waals surface area contributed by atoms with Crippen molar-refractivity contribution in [3.8, 4) is 17.1 Å². The van der Waals surface area contributed by atoms with Crippen molar-refractivity contribution in [1.29, 1.82) is 0 Å². The molecule has 102 valence electrons. The molecule has 0 bridgehead atoms. The number of halogens is 2. The molecule has 4 nitrogen and oxygen atoms in total. The molecule has 0 unspecified atom stereocenters. The molecule has 2 aromatic carbocycles. The number of nitrogen functional groups attached to an aromatic ring is 1. The number of nitrogens with two attached hydrogens (primary N) is 1. The van der Waals surface area contributed by atoms with Gasteiger partial charge in [0.2, 0.25) is 0 Å². The summed E-state index contributed by atoms with van der Waals surface area (Å²) in [4.78, 5) is 7.23. The predicted octanol–water partition coefficient (Wildman–Crippen LogP) is 3.10. The molecule has 0 radical (unpaired) electrons. The highest BCUT2D eigenvalue weighted by Gasteiger charge is 2.13. The Balaban J connectivity index is 2.17. The highest BCUT2D eigenvalue weighted by atomic mass is 19.1. The normalized spacial score (nSPS) is 10.9. The van der Waals surface area contributed by atoms with Crippen LogP contribution in [-0.2, 0) is 0 Å². The molecular formula is C14H11F2N3O. The van der Waals surface area contributed by atoms with E-state index in [1.807, 2.05) is 0 Å². The molecular weight excluding hydrogens is 264 g/mol. The van der Waals surface area contributed by atoms with Crippen LogP contribution in [0.3, 0.4) is 0 Å². The number of H-pyrrole nitrogens is 1. The van der Waals surface area contributed by atoms with Crippen molar-refractivity contribution < 1.29 is 13.5 Å². The van der Waals surface area contributed by atoms with Gasteiger partial charge in [-0.1, -0.05) is 0 Å². The number of aromatic amines is 1. The van der Waals surface area contributed by atoms with Crippen LogP contribution in [-0.4, -0.2) is 17.1 Å². The van der Waals surface area contributed by atoms with Crippen molar-refractivity contribution in [2.75, 3.05) is 12.8 Å². The van der Waals surface area contributed by atoms with E-state index < -0.39 is 11.6 Å². The summed E-state index contributed by atoms with van der Waals surface area (Å²) >= 11 is 0. The SMILES string of the molecule is COc1ccc2nc(-c3cc(N)c(F)cc3F)[nH]c2c1. The number of aromatic nitrogens is 2. The van der Waals surface area contributed by atoms with Crippen molar-refractivity contribution in [3.63, 3.8) is 0 Å². The van der Waals surface area contributed by atoms with Crippen molar-refractivity contribution in [1.82, 2.24) is 9.97 Å². The summed E-state index contributed by atoms with van der Waals surface area (Å²) in [6, 6.07) is 7.22. The minimum Gasteiger partial charge on any atom is -0.497 e. The van der Waals surface area contributed by atoms with E-state index in [0.717, 1.165) is 6.07 Å². The number of benzene rings is 2. The highest BCUT2D eigenvalue weighted by Crippen LogP contribution is 2.28. The Bertz CT molecular complexity index is 798. The molecule has 0 aliphatic carbocycles. The van der Waals surface area contributed by atoms with Gasteiger partial charge in [0.05, 0.1) is 29.4 Å². The molecule has 0 fully saturated rings. The first kappa shape index (κ1) is 12.4. The van der Waals surface area contributed by atoms with Crippen LogP contribution < -0.4 is 10.5 Å². The maximum Gasteiger partial charge on any atom is 0.149 e. The third kappa shape index (κ3) is 1.95. The van der Waals surface area contributed by atoms with E-state index in [1.54, 1.807) is 25.3 Å². The third-order valence-electron chi connectivity index (χ3n) is 3.03. The number of hydrogen-bond donors (Lipinski definition) is 2. The van der Waals surface area contributed by atoms with Gasteiger partial charge >= 0.3 is 0 Å². The smallest absolute Gasteiger partial charge is 0.149 e. The first-order valence-corrected chi connectivity index (χ1v) is 5.87. The zero-order chi connectivity index (χ0) is 14.3. The monoisotopic (exact) mass is 275 g/mol. The van der Waals surface area contributed by atoms with Gasteiger partial charge < -0.3 is 15.5 Å². The molecule has 0 aliphatic heterocycles. The summed E-state index contributed by atoms with van der Waals surface area (Å²) in [5.74, 6) is -0.559. The Hall–Kier alpha value is -2.63. The number of fused-ring (bicyclic) bond motifs is 1. The van der Waals surface area contributed by atoms with Crippen molar-refractivity contribution in [2.45, 2.75) is 0 Å². The van der Waals surface area contributed by atoms with Crippen LogP contribution in [0, 0.1) is 11.6 Å². The van der Waals surface area contributed by atoms with Gasteiger partial charge in [-0.2, -0.15) is 0 Å². The second kappa shape index (κ2) is 4.48. The Kier molecular flexibility index (Phi) is 2.78. The molecule has 0 spiro atoms. The summed E-state index contributed by atoms with van der Waals surface area (Å²) in [7, 11) is 1.55. The van der Waals surface area contributed by atoms with Gasteiger partial charge in [-0.05, 0) is 18.2 Å². The van der Waals surface area contributed by atoms with Crippen LogP contribution in [0.25, 0.3) is 22.4 Å². The third-order valence-corrected chi connectivity index (χ3v) is 3.03. The van der Waals surface area contributed by atoms with E-state index >= 15 is 0 Å². The number of hydrogen-bond acceptors (Lipinski definition) is 3. The average Bonchev–Trinajstić information content (AvgIpc) is 2.85. The zero-order valence-corrected chi connectivity index (χ0v) is 10.6. The minimum atomic E-state index is -0.788. The number of rotatable bonds is 2. The van der Waals surface area contributed by atoms with E-state index in [2.05, 4.69) is 9.97 Å². The molecule has 3 N–H and O–H groups in total. The number of nitrogens with one attached hydrogen (secondary N) is 1. The Labute approximate surface area is 113 Å². The second-order valence-electron chi connectivity index (χ2n) is 4.32. The molecule has 0 saturated carbocycles. The number of anilines is 1. The van der Waals surface area contributed by atoms with Gasteiger partial charge in [0.1, 0.15) is 23.2 Å². The number of ether oxygens (including phenoxy) is 1. The largest absolute Gasteiger partial charge is 0.497 e. The van der Waals surface area contributed by atoms with Gasteiger partial charge in [-0.25, -0.2) is 13.8 Å². The summed E-state index contributed by atoms with van der Waals surface area (Å²) in [6.07, 6.45) is 0. The van der Waals surface area contributed by atoms with Crippen LogP contribution in [0.2, 0.25) is 0 Å². The average molecular weight is 275 g/mol. The van der Waals surface area contributed by atoms with Crippen molar-refractivity contribution in [2.24, 2.45) is 0 Å². The molecule has 0 aliphatic rings. The fourth-order valence-electron chi connectivity index (χ4n) is 1.99. The Morgan fingerprint density at radius 3 is 2.70 bits per heavy atom. The molecule has 1 heterocycles. The van der Waals surface area contributed by atoms with E-state index in [0.29, 0.717) is 16.8 Å². The molecule has 0 atom stereocenters. The van der Waals surface area contributed by atoms with Gasteiger partial charge in [0, 0.05) is 12.1 Å². The van der Waals surface area contributed by atoms with Gasteiger partial charge in [0.25, 0.3) is 0 Å². The highest BCUT2D eigenvalue weighted by molar-refractivity contribution is 5.81. The minimum absolute atomic E-state index is 0.124. The molecule has 6 heteroatoms. The molecule has 20 heavy (non-hydrogen) atoms. The van der Waals surface area contributed by atoms with Crippen molar-refractivity contribution >= 4 is 16.7 Å².